The number of benzene rings is 1. The lowest BCUT2D eigenvalue weighted by Gasteiger charge is -2.00. The Hall–Kier alpha value is -2.89. The summed E-state index contributed by atoms with van der Waals surface area (Å²) in [5.74, 6) is 1.53. The van der Waals surface area contributed by atoms with Gasteiger partial charge in [0.05, 0.1) is 12.8 Å². The molecule has 0 aliphatic rings. The molecule has 2 aromatic heterocycles. The molecule has 2 heterocycles. The van der Waals surface area contributed by atoms with Crippen molar-refractivity contribution in [2.45, 2.75) is 0 Å². The predicted molar refractivity (Wildman–Crippen MR) is 77.1 cm³/mol. The molecule has 3 aromatic rings. The number of hydrogen-bond acceptors (Lipinski definition) is 5. The van der Waals surface area contributed by atoms with Crippen molar-refractivity contribution in [3.63, 3.8) is 0 Å². The molecule has 2 N–H and O–H groups in total. The van der Waals surface area contributed by atoms with E-state index in [0.29, 0.717) is 5.78 Å². The molecule has 0 unspecified atom stereocenters. The monoisotopic (exact) mass is 267 g/mol. The molecule has 0 radical (unpaired) electrons. The second-order valence-corrected chi connectivity index (χ2v) is 4.16. The molecule has 0 aliphatic carbocycles. The highest BCUT2D eigenvalue weighted by atomic mass is 16.5. The van der Waals surface area contributed by atoms with Crippen LogP contribution in [0.4, 0.5) is 5.95 Å². The van der Waals surface area contributed by atoms with Crippen LogP contribution >= 0.6 is 0 Å². The zero-order chi connectivity index (χ0) is 13.9. The van der Waals surface area contributed by atoms with Crippen LogP contribution in [0.1, 0.15) is 11.3 Å². The predicted octanol–water partition coefficient (Wildman–Crippen LogP) is 1.89. The Morgan fingerprint density at radius 1 is 1.15 bits per heavy atom. The number of aromatic nitrogens is 4. The number of hydrogen-bond donors (Lipinski definition) is 1. The van der Waals surface area contributed by atoms with Gasteiger partial charge in [0.1, 0.15) is 5.75 Å². The summed E-state index contributed by atoms with van der Waals surface area (Å²) in [6.07, 6.45) is 5.59. The first-order valence-electron chi connectivity index (χ1n) is 6.05. The van der Waals surface area contributed by atoms with Crippen molar-refractivity contribution < 1.29 is 4.74 Å². The quantitative estimate of drug-likeness (QED) is 0.784. The Kier molecular flexibility index (Phi) is 3.04. The number of ether oxygens (including phenoxy) is 1. The van der Waals surface area contributed by atoms with Crippen LogP contribution in [-0.4, -0.2) is 26.7 Å². The van der Waals surface area contributed by atoms with Crippen molar-refractivity contribution in [2.75, 3.05) is 12.8 Å². The van der Waals surface area contributed by atoms with Gasteiger partial charge in [-0.25, -0.2) is 4.98 Å². The fourth-order valence-corrected chi connectivity index (χ4v) is 1.85. The summed E-state index contributed by atoms with van der Waals surface area (Å²) >= 11 is 0. The second-order valence-electron chi connectivity index (χ2n) is 4.16. The number of nitrogens with zero attached hydrogens (tertiary/aromatic N) is 4. The highest BCUT2D eigenvalue weighted by molar-refractivity contribution is 5.69. The minimum Gasteiger partial charge on any atom is -0.497 e. The first-order valence-corrected chi connectivity index (χ1v) is 6.05. The zero-order valence-electron chi connectivity index (χ0n) is 10.9. The normalized spacial score (nSPS) is 11.2. The molecule has 0 spiro atoms. The van der Waals surface area contributed by atoms with Gasteiger partial charge in [-0.05, 0) is 29.8 Å². The van der Waals surface area contributed by atoms with Gasteiger partial charge < -0.3 is 10.5 Å². The van der Waals surface area contributed by atoms with Gasteiger partial charge in [-0.1, -0.05) is 18.2 Å². The van der Waals surface area contributed by atoms with Crippen molar-refractivity contribution >= 4 is 23.9 Å². The molecule has 0 saturated heterocycles. The van der Waals surface area contributed by atoms with Crippen molar-refractivity contribution in [1.82, 2.24) is 19.6 Å². The Labute approximate surface area is 115 Å². The summed E-state index contributed by atoms with van der Waals surface area (Å²) in [5, 5.41) is 4.10. The summed E-state index contributed by atoms with van der Waals surface area (Å²) in [6, 6.07) is 9.62. The summed E-state index contributed by atoms with van der Waals surface area (Å²) < 4.78 is 6.73. The van der Waals surface area contributed by atoms with Gasteiger partial charge in [-0.3, -0.25) is 0 Å². The zero-order valence-corrected chi connectivity index (χ0v) is 10.9. The summed E-state index contributed by atoms with van der Waals surface area (Å²) in [5.41, 5.74) is 7.49. The maximum absolute atomic E-state index is 5.58. The lowest BCUT2D eigenvalue weighted by Crippen LogP contribution is -1.95. The summed E-state index contributed by atoms with van der Waals surface area (Å²) in [6.45, 7) is 0. The van der Waals surface area contributed by atoms with Gasteiger partial charge in [0.2, 0.25) is 5.95 Å². The van der Waals surface area contributed by atoms with Crippen LogP contribution in [0.5, 0.6) is 5.75 Å². The Morgan fingerprint density at radius 2 is 1.95 bits per heavy atom. The largest absolute Gasteiger partial charge is 0.497 e. The van der Waals surface area contributed by atoms with Crippen LogP contribution in [0.2, 0.25) is 0 Å². The number of methoxy groups -OCH3 is 1. The average molecular weight is 267 g/mol. The second kappa shape index (κ2) is 5.00. The van der Waals surface area contributed by atoms with E-state index >= 15 is 0 Å². The minimum absolute atomic E-state index is 0.211. The van der Waals surface area contributed by atoms with Gasteiger partial charge >= 0.3 is 0 Å². The molecule has 0 atom stereocenters. The third-order valence-corrected chi connectivity index (χ3v) is 2.85. The fraction of sp³-hybridized carbons (Fsp3) is 0.0714. The van der Waals surface area contributed by atoms with Crippen molar-refractivity contribution in [3.8, 4) is 5.75 Å². The number of rotatable bonds is 3. The lowest BCUT2D eigenvalue weighted by atomic mass is 10.2. The average Bonchev–Trinajstić information content (AvgIpc) is 2.86. The van der Waals surface area contributed by atoms with E-state index in [0.717, 1.165) is 17.0 Å². The van der Waals surface area contributed by atoms with Crippen molar-refractivity contribution in [2.24, 2.45) is 0 Å². The topological polar surface area (TPSA) is 78.3 Å². The third kappa shape index (κ3) is 2.31. The van der Waals surface area contributed by atoms with E-state index in [-0.39, 0.29) is 5.95 Å². The standard InChI is InChI=1S/C14H13N5O/c1-20-12-6-3-10(4-7-12)2-5-11-8-9-16-14-17-13(15)18-19(11)14/h2-9H,1H3,(H2,15,18)/b5-2+. The molecule has 3 rings (SSSR count). The molecule has 100 valence electrons. The number of nitrogen functional groups attached to an aromatic ring is 1. The number of anilines is 1. The van der Waals surface area contributed by atoms with Crippen LogP contribution < -0.4 is 10.5 Å². The van der Waals surface area contributed by atoms with Crippen LogP contribution in [-0.2, 0) is 0 Å². The molecule has 0 bridgehead atoms. The molecule has 6 nitrogen and oxygen atoms in total. The van der Waals surface area contributed by atoms with Crippen molar-refractivity contribution in [1.29, 1.82) is 0 Å². The molecule has 0 saturated carbocycles. The lowest BCUT2D eigenvalue weighted by molar-refractivity contribution is 0.415. The number of nitrogens with two attached hydrogens (primary N) is 1. The van der Waals surface area contributed by atoms with E-state index in [9.17, 15) is 0 Å². The SMILES string of the molecule is COc1ccc(/C=C/c2ccnc3nc(N)nn23)cc1. The van der Waals surface area contributed by atoms with Gasteiger partial charge in [-0.15, -0.1) is 5.10 Å². The van der Waals surface area contributed by atoms with E-state index in [1.165, 1.54) is 0 Å². The van der Waals surface area contributed by atoms with Gasteiger partial charge in [0.25, 0.3) is 5.78 Å². The molecule has 20 heavy (non-hydrogen) atoms. The maximum atomic E-state index is 5.58. The molecule has 0 amide bonds. The van der Waals surface area contributed by atoms with E-state index in [1.54, 1.807) is 17.8 Å². The van der Waals surface area contributed by atoms with Gasteiger partial charge in [0.15, 0.2) is 0 Å². The Morgan fingerprint density at radius 3 is 2.70 bits per heavy atom. The maximum Gasteiger partial charge on any atom is 0.254 e. The van der Waals surface area contributed by atoms with Crippen molar-refractivity contribution in [3.05, 3.63) is 47.8 Å². The summed E-state index contributed by atoms with van der Waals surface area (Å²) in [4.78, 5) is 8.12. The molecule has 0 aliphatic heterocycles. The highest BCUT2D eigenvalue weighted by Crippen LogP contribution is 2.14. The van der Waals surface area contributed by atoms with Crippen LogP contribution in [0, 0.1) is 0 Å². The van der Waals surface area contributed by atoms with Crippen LogP contribution in [0.3, 0.4) is 0 Å². The molecule has 0 fully saturated rings. The summed E-state index contributed by atoms with van der Waals surface area (Å²) in [7, 11) is 1.65. The van der Waals surface area contributed by atoms with E-state index < -0.39 is 0 Å². The minimum atomic E-state index is 0.211. The third-order valence-electron chi connectivity index (χ3n) is 2.85. The van der Waals surface area contributed by atoms with Crippen LogP contribution in [0.15, 0.2) is 36.5 Å². The van der Waals surface area contributed by atoms with E-state index in [2.05, 4.69) is 15.1 Å². The highest BCUT2D eigenvalue weighted by Gasteiger charge is 2.03. The van der Waals surface area contributed by atoms with Crippen LogP contribution in [0.25, 0.3) is 17.9 Å². The molecular weight excluding hydrogens is 254 g/mol. The van der Waals surface area contributed by atoms with E-state index in [4.69, 9.17) is 10.5 Å². The molecule has 6 heteroatoms. The first kappa shape index (κ1) is 12.2. The Bertz CT molecular complexity index is 761. The van der Waals surface area contributed by atoms with Gasteiger partial charge in [-0.2, -0.15) is 9.50 Å². The molecule has 1 aromatic carbocycles. The number of fused-ring (bicyclic) bond motifs is 1. The van der Waals surface area contributed by atoms with Gasteiger partial charge in [0, 0.05) is 6.20 Å². The molecular formula is C14H13N5O. The van der Waals surface area contributed by atoms with E-state index in [1.807, 2.05) is 42.5 Å². The Balaban J connectivity index is 1.93. The smallest absolute Gasteiger partial charge is 0.254 e. The first-order chi connectivity index (χ1) is 9.76. The fourth-order valence-electron chi connectivity index (χ4n) is 1.85.